The Bertz CT molecular complexity index is 546. The summed E-state index contributed by atoms with van der Waals surface area (Å²) >= 11 is 0. The summed E-state index contributed by atoms with van der Waals surface area (Å²) in [6, 6.07) is 3.43. The number of nitrogens with zero attached hydrogens (tertiary/aromatic N) is 1. The molecule has 1 aromatic rings. The van der Waals surface area contributed by atoms with E-state index < -0.39 is 18.1 Å². The summed E-state index contributed by atoms with van der Waals surface area (Å²) in [5.41, 5.74) is 3.60. The molecule has 0 bridgehead atoms. The summed E-state index contributed by atoms with van der Waals surface area (Å²) in [6.07, 6.45) is -3.77. The van der Waals surface area contributed by atoms with Gasteiger partial charge in [-0.3, -0.25) is 0 Å². The summed E-state index contributed by atoms with van der Waals surface area (Å²) in [5.74, 6) is -1.42. The highest BCUT2D eigenvalue weighted by Gasteiger charge is 2.42. The third-order valence-corrected chi connectivity index (χ3v) is 4.08. The van der Waals surface area contributed by atoms with Crippen LogP contribution in [-0.2, 0) is 0 Å². The Hall–Kier alpha value is -1.72. The zero-order chi connectivity index (χ0) is 16.5. The number of anilines is 1. The van der Waals surface area contributed by atoms with Crippen molar-refractivity contribution in [3.8, 4) is 0 Å². The number of likely N-dealkylation sites (tertiary alicyclic amines) is 1. The van der Waals surface area contributed by atoms with E-state index in [1.54, 1.807) is 0 Å². The van der Waals surface area contributed by atoms with Crippen LogP contribution >= 0.6 is 0 Å². The van der Waals surface area contributed by atoms with Crippen molar-refractivity contribution in [2.24, 2.45) is 5.92 Å². The van der Waals surface area contributed by atoms with Gasteiger partial charge in [-0.15, -0.1) is 0 Å². The summed E-state index contributed by atoms with van der Waals surface area (Å²) < 4.78 is 38.5. The molecule has 0 saturated carbocycles. The molecular formula is C16H21F3N2O. The minimum atomic E-state index is -4.24. The zero-order valence-electron chi connectivity index (χ0n) is 13.0. The number of hydrogen-bond acceptors (Lipinski definition) is 1. The van der Waals surface area contributed by atoms with Crippen LogP contribution in [0.5, 0.6) is 0 Å². The van der Waals surface area contributed by atoms with Crippen molar-refractivity contribution in [1.82, 2.24) is 4.90 Å². The Morgan fingerprint density at radius 2 is 1.82 bits per heavy atom. The third-order valence-electron chi connectivity index (χ3n) is 4.08. The quantitative estimate of drug-likeness (QED) is 0.818. The van der Waals surface area contributed by atoms with Gasteiger partial charge in [-0.05, 0) is 44.7 Å². The number of alkyl halides is 3. The van der Waals surface area contributed by atoms with Gasteiger partial charge in [-0.1, -0.05) is 17.7 Å². The van der Waals surface area contributed by atoms with Gasteiger partial charge in [0.2, 0.25) is 0 Å². The van der Waals surface area contributed by atoms with E-state index in [9.17, 15) is 18.0 Å². The van der Waals surface area contributed by atoms with E-state index in [1.165, 1.54) is 4.90 Å². The predicted molar refractivity (Wildman–Crippen MR) is 80.0 cm³/mol. The maximum absolute atomic E-state index is 12.8. The van der Waals surface area contributed by atoms with Crippen LogP contribution in [0, 0.1) is 26.7 Å². The SMILES string of the molecule is Cc1cc(C)c(NC(=O)N2CCC[C@H](C(F)(F)F)C2)c(C)c1. The molecule has 0 aromatic heterocycles. The first-order chi connectivity index (χ1) is 10.2. The van der Waals surface area contributed by atoms with Gasteiger partial charge in [0.05, 0.1) is 5.92 Å². The molecule has 2 amide bonds. The van der Waals surface area contributed by atoms with Crippen molar-refractivity contribution < 1.29 is 18.0 Å². The lowest BCUT2D eigenvalue weighted by Gasteiger charge is -2.34. The zero-order valence-corrected chi connectivity index (χ0v) is 13.0. The van der Waals surface area contributed by atoms with Gasteiger partial charge in [0.1, 0.15) is 0 Å². The molecule has 1 N–H and O–H groups in total. The van der Waals surface area contributed by atoms with Crippen LogP contribution in [0.15, 0.2) is 12.1 Å². The summed E-state index contributed by atoms with van der Waals surface area (Å²) in [4.78, 5) is 13.5. The maximum Gasteiger partial charge on any atom is 0.393 e. The standard InChI is InChI=1S/C16H21F3N2O/c1-10-7-11(2)14(12(3)8-10)20-15(22)21-6-4-5-13(9-21)16(17,18)19/h7-8,13H,4-6,9H2,1-3H3,(H,20,22)/t13-/m0/s1. The van der Waals surface area contributed by atoms with Gasteiger partial charge in [-0.25, -0.2) is 4.79 Å². The summed E-state index contributed by atoms with van der Waals surface area (Å²) in [5, 5.41) is 2.77. The molecule has 1 fully saturated rings. The minimum Gasteiger partial charge on any atom is -0.324 e. The highest BCUT2D eigenvalue weighted by molar-refractivity contribution is 5.91. The molecular weight excluding hydrogens is 293 g/mol. The average molecular weight is 314 g/mol. The fourth-order valence-electron chi connectivity index (χ4n) is 2.99. The van der Waals surface area contributed by atoms with Crippen molar-refractivity contribution in [2.75, 3.05) is 18.4 Å². The number of nitrogens with one attached hydrogen (secondary N) is 1. The molecule has 0 spiro atoms. The number of piperidine rings is 1. The van der Waals surface area contributed by atoms with Gasteiger partial charge in [0.15, 0.2) is 0 Å². The van der Waals surface area contributed by atoms with Crippen molar-refractivity contribution in [3.05, 3.63) is 28.8 Å². The molecule has 0 aliphatic carbocycles. The van der Waals surface area contributed by atoms with Crippen LogP contribution in [-0.4, -0.2) is 30.2 Å². The van der Waals surface area contributed by atoms with Crippen LogP contribution in [0.4, 0.5) is 23.7 Å². The Balaban J connectivity index is 2.10. The van der Waals surface area contributed by atoms with Crippen LogP contribution in [0.1, 0.15) is 29.5 Å². The number of urea groups is 1. The molecule has 1 aliphatic rings. The number of carbonyl (C=O) groups excluding carboxylic acids is 1. The Morgan fingerprint density at radius 1 is 1.23 bits per heavy atom. The van der Waals surface area contributed by atoms with Gasteiger partial charge < -0.3 is 10.2 Å². The minimum absolute atomic E-state index is 0.0931. The molecule has 1 atom stereocenters. The van der Waals surface area contributed by atoms with E-state index in [2.05, 4.69) is 5.32 Å². The molecule has 2 rings (SSSR count). The Kier molecular flexibility index (Phi) is 4.68. The van der Waals surface area contributed by atoms with Crippen molar-refractivity contribution >= 4 is 11.7 Å². The number of carbonyl (C=O) groups is 1. The molecule has 1 saturated heterocycles. The molecule has 0 unspecified atom stereocenters. The predicted octanol–water partition coefficient (Wildman–Crippen LogP) is 4.42. The van der Waals surface area contributed by atoms with Gasteiger partial charge in [0.25, 0.3) is 0 Å². The molecule has 1 aliphatic heterocycles. The Labute approximate surface area is 128 Å². The maximum atomic E-state index is 12.8. The largest absolute Gasteiger partial charge is 0.393 e. The topological polar surface area (TPSA) is 32.3 Å². The van der Waals surface area contributed by atoms with E-state index in [0.29, 0.717) is 18.7 Å². The van der Waals surface area contributed by atoms with Crippen LogP contribution in [0.3, 0.4) is 0 Å². The van der Waals surface area contributed by atoms with Gasteiger partial charge in [0, 0.05) is 18.8 Å². The number of benzene rings is 1. The second kappa shape index (κ2) is 6.18. The highest BCUT2D eigenvalue weighted by atomic mass is 19.4. The molecule has 6 heteroatoms. The van der Waals surface area contributed by atoms with Crippen LogP contribution in [0.2, 0.25) is 0 Å². The average Bonchev–Trinajstić information content (AvgIpc) is 2.41. The fraction of sp³-hybridized carbons (Fsp3) is 0.562. The van der Waals surface area contributed by atoms with Crippen molar-refractivity contribution in [2.45, 2.75) is 39.8 Å². The Morgan fingerprint density at radius 3 is 2.36 bits per heavy atom. The third kappa shape index (κ3) is 3.72. The smallest absolute Gasteiger partial charge is 0.324 e. The molecule has 1 aromatic carbocycles. The molecule has 0 radical (unpaired) electrons. The number of aryl methyl sites for hydroxylation is 3. The first-order valence-electron chi connectivity index (χ1n) is 7.39. The lowest BCUT2D eigenvalue weighted by atomic mass is 9.98. The molecule has 22 heavy (non-hydrogen) atoms. The van der Waals surface area contributed by atoms with E-state index in [0.717, 1.165) is 16.7 Å². The van der Waals surface area contributed by atoms with E-state index in [4.69, 9.17) is 0 Å². The first kappa shape index (κ1) is 16.6. The second-order valence-electron chi connectivity index (χ2n) is 6.03. The van der Waals surface area contributed by atoms with Gasteiger partial charge >= 0.3 is 12.2 Å². The number of rotatable bonds is 1. The van der Waals surface area contributed by atoms with E-state index in [-0.39, 0.29) is 13.0 Å². The van der Waals surface area contributed by atoms with E-state index >= 15 is 0 Å². The molecule has 3 nitrogen and oxygen atoms in total. The first-order valence-corrected chi connectivity index (χ1v) is 7.39. The molecule has 122 valence electrons. The summed E-state index contributed by atoms with van der Waals surface area (Å²) in [7, 11) is 0. The van der Waals surface area contributed by atoms with Gasteiger partial charge in [-0.2, -0.15) is 13.2 Å². The van der Waals surface area contributed by atoms with Crippen molar-refractivity contribution in [1.29, 1.82) is 0 Å². The van der Waals surface area contributed by atoms with Crippen LogP contribution < -0.4 is 5.32 Å². The number of amides is 2. The fourth-order valence-corrected chi connectivity index (χ4v) is 2.99. The lowest BCUT2D eigenvalue weighted by molar-refractivity contribution is -0.183. The normalized spacial score (nSPS) is 19.2. The van der Waals surface area contributed by atoms with E-state index in [1.807, 2.05) is 32.9 Å². The van der Waals surface area contributed by atoms with Crippen LogP contribution in [0.25, 0.3) is 0 Å². The number of hydrogen-bond donors (Lipinski definition) is 1. The number of halogens is 3. The van der Waals surface area contributed by atoms with Crippen molar-refractivity contribution in [3.63, 3.8) is 0 Å². The summed E-state index contributed by atoms with van der Waals surface area (Å²) in [6.45, 7) is 5.82. The highest BCUT2D eigenvalue weighted by Crippen LogP contribution is 2.33. The second-order valence-corrected chi connectivity index (χ2v) is 6.03. The lowest BCUT2D eigenvalue weighted by Crippen LogP contribution is -2.46. The molecule has 1 heterocycles. The monoisotopic (exact) mass is 314 g/mol.